The van der Waals surface area contributed by atoms with E-state index in [1.54, 1.807) is 0 Å². The molecule has 4 nitrogen and oxygen atoms in total. The third kappa shape index (κ3) is 7.02. The van der Waals surface area contributed by atoms with Gasteiger partial charge in [0, 0.05) is 0 Å². The largest absolute Gasteiger partial charge is 0.385 e. The average Bonchev–Trinajstić information content (AvgIpc) is 2.22. The van der Waals surface area contributed by atoms with Crippen LogP contribution in [0.3, 0.4) is 0 Å². The van der Waals surface area contributed by atoms with E-state index in [0.717, 1.165) is 19.3 Å². The first-order valence-corrected chi connectivity index (χ1v) is 6.54. The highest BCUT2D eigenvalue weighted by Crippen LogP contribution is 2.15. The fourth-order valence-corrected chi connectivity index (χ4v) is 1.71. The van der Waals surface area contributed by atoms with Crippen LogP contribution in [0.2, 0.25) is 0 Å². The molecule has 5 heteroatoms. The van der Waals surface area contributed by atoms with E-state index < -0.39 is 12.1 Å². The van der Waals surface area contributed by atoms with Crippen molar-refractivity contribution < 1.29 is 19.7 Å². The van der Waals surface area contributed by atoms with E-state index in [4.69, 9.17) is 10.2 Å². The van der Waals surface area contributed by atoms with Crippen LogP contribution >= 0.6 is 0 Å². The Hall–Kier alpha value is 0.0569. The van der Waals surface area contributed by atoms with Crippen LogP contribution < -0.4 is 0 Å². The number of aliphatic hydroxyl groups is 3. The number of hydrogen-bond acceptors (Lipinski definition) is 4. The van der Waals surface area contributed by atoms with Crippen LogP contribution in [0.5, 0.6) is 0 Å². The van der Waals surface area contributed by atoms with Gasteiger partial charge in [0.25, 0.3) is 5.97 Å². The van der Waals surface area contributed by atoms with E-state index in [1.807, 2.05) is 0 Å². The smallest absolute Gasteiger partial charge is 0.295 e. The zero-order valence-corrected chi connectivity index (χ0v) is 11.8. The van der Waals surface area contributed by atoms with Crippen molar-refractivity contribution in [2.45, 2.75) is 63.9 Å². The molecule has 0 rings (SSSR count). The molecule has 1 atom stereocenters. The van der Waals surface area contributed by atoms with Gasteiger partial charge in [0.15, 0.2) is 10.5 Å². The van der Waals surface area contributed by atoms with E-state index in [2.05, 4.69) is 11.3 Å². The molecular formula is C10H24O4Si. The van der Waals surface area contributed by atoms with Gasteiger partial charge in [-0.3, -0.25) is 0 Å². The van der Waals surface area contributed by atoms with E-state index in [-0.39, 0.29) is 10.5 Å². The van der Waals surface area contributed by atoms with Crippen molar-refractivity contribution in [1.29, 1.82) is 0 Å². The maximum absolute atomic E-state index is 9.38. The number of aliphatic hydroxyl groups excluding tert-OH is 1. The first-order chi connectivity index (χ1) is 7.04. The zero-order chi connectivity index (χ0) is 11.7. The minimum Gasteiger partial charge on any atom is -0.385 e. The van der Waals surface area contributed by atoms with E-state index in [9.17, 15) is 5.11 Å². The Kier molecular flexibility index (Phi) is 8.27. The monoisotopic (exact) mass is 236 g/mol. The Bertz CT molecular complexity index is 152. The summed E-state index contributed by atoms with van der Waals surface area (Å²) in [5, 5.41) is 27.7. The Balaban J connectivity index is 3.43. The molecule has 0 bridgehead atoms. The van der Waals surface area contributed by atoms with Gasteiger partial charge in [-0.15, -0.1) is 0 Å². The molecule has 0 amide bonds. The zero-order valence-electron chi connectivity index (χ0n) is 9.78. The number of unbranched alkanes of at least 4 members (excludes halogenated alkanes) is 5. The first kappa shape index (κ1) is 15.1. The second-order valence-corrected chi connectivity index (χ2v) is 4.34. The molecule has 0 aromatic carbocycles. The summed E-state index contributed by atoms with van der Waals surface area (Å²) in [7, 11) is 0.196. The summed E-state index contributed by atoms with van der Waals surface area (Å²) in [5.74, 6) is -2.34. The molecule has 15 heavy (non-hydrogen) atoms. The summed E-state index contributed by atoms with van der Waals surface area (Å²) in [6, 6.07) is 0. The first-order valence-electron chi connectivity index (χ1n) is 5.72. The molecule has 0 aromatic heterocycles. The van der Waals surface area contributed by atoms with E-state index >= 15 is 0 Å². The minimum absolute atomic E-state index is 0.196. The normalized spacial score (nSPS) is 14.4. The molecule has 0 aromatic rings. The van der Waals surface area contributed by atoms with Gasteiger partial charge in [0.05, 0.1) is 0 Å². The summed E-state index contributed by atoms with van der Waals surface area (Å²) in [6.45, 7) is 2.16. The van der Waals surface area contributed by atoms with Gasteiger partial charge in [-0.25, -0.2) is 0 Å². The molecule has 3 N–H and O–H groups in total. The van der Waals surface area contributed by atoms with Crippen LogP contribution in [-0.4, -0.2) is 37.9 Å². The van der Waals surface area contributed by atoms with Crippen LogP contribution in [0.15, 0.2) is 0 Å². The van der Waals surface area contributed by atoms with Crippen LogP contribution in [0.1, 0.15) is 51.9 Å². The van der Waals surface area contributed by atoms with Crippen molar-refractivity contribution in [2.75, 3.05) is 0 Å². The van der Waals surface area contributed by atoms with Crippen molar-refractivity contribution in [1.82, 2.24) is 0 Å². The van der Waals surface area contributed by atoms with Crippen LogP contribution in [-0.2, 0) is 4.43 Å². The summed E-state index contributed by atoms with van der Waals surface area (Å²) in [6.07, 6.45) is 5.83. The Morgan fingerprint density at radius 2 is 1.67 bits per heavy atom. The minimum atomic E-state index is -2.34. The van der Waals surface area contributed by atoms with E-state index in [0.29, 0.717) is 6.42 Å². The maximum atomic E-state index is 9.38. The lowest BCUT2D eigenvalue weighted by Crippen LogP contribution is -2.44. The topological polar surface area (TPSA) is 69.9 Å². The third-order valence-corrected chi connectivity index (χ3v) is 3.17. The van der Waals surface area contributed by atoms with E-state index in [1.165, 1.54) is 19.3 Å². The fourth-order valence-electron chi connectivity index (χ4n) is 1.44. The SMILES string of the molecule is CCCCCCCCC(O)C(O)(O)O[SiH3]. The molecule has 0 heterocycles. The van der Waals surface area contributed by atoms with Gasteiger partial charge >= 0.3 is 0 Å². The Labute approximate surface area is 94.8 Å². The maximum Gasteiger partial charge on any atom is 0.295 e. The second-order valence-electron chi connectivity index (χ2n) is 3.93. The molecule has 92 valence electrons. The van der Waals surface area contributed by atoms with Crippen molar-refractivity contribution in [3.8, 4) is 0 Å². The highest BCUT2D eigenvalue weighted by Gasteiger charge is 2.31. The summed E-state index contributed by atoms with van der Waals surface area (Å²) < 4.78 is 4.50. The highest BCUT2D eigenvalue weighted by atomic mass is 28.2. The molecular weight excluding hydrogens is 212 g/mol. The third-order valence-electron chi connectivity index (χ3n) is 2.57. The van der Waals surface area contributed by atoms with Gasteiger partial charge in [0.2, 0.25) is 0 Å². The molecule has 1 unspecified atom stereocenters. The lowest BCUT2D eigenvalue weighted by molar-refractivity contribution is -0.338. The van der Waals surface area contributed by atoms with Crippen molar-refractivity contribution in [3.05, 3.63) is 0 Å². The Morgan fingerprint density at radius 3 is 2.20 bits per heavy atom. The lowest BCUT2D eigenvalue weighted by Gasteiger charge is -2.25. The lowest BCUT2D eigenvalue weighted by atomic mass is 10.1. The van der Waals surface area contributed by atoms with Gasteiger partial charge in [-0.1, -0.05) is 45.4 Å². The van der Waals surface area contributed by atoms with Crippen molar-refractivity contribution in [2.24, 2.45) is 0 Å². The quantitative estimate of drug-likeness (QED) is 0.300. The fraction of sp³-hybridized carbons (Fsp3) is 1.00. The van der Waals surface area contributed by atoms with Gasteiger partial charge in [0.1, 0.15) is 6.10 Å². The molecule has 0 aliphatic carbocycles. The van der Waals surface area contributed by atoms with Gasteiger partial charge in [-0.2, -0.15) is 0 Å². The number of hydrogen-bond donors (Lipinski definition) is 3. The average molecular weight is 236 g/mol. The summed E-state index contributed by atoms with van der Waals surface area (Å²) >= 11 is 0. The summed E-state index contributed by atoms with van der Waals surface area (Å²) in [5.41, 5.74) is 0. The molecule has 0 saturated carbocycles. The van der Waals surface area contributed by atoms with Crippen molar-refractivity contribution in [3.63, 3.8) is 0 Å². The molecule has 0 aliphatic heterocycles. The molecule has 0 aliphatic rings. The predicted molar refractivity (Wildman–Crippen MR) is 62.2 cm³/mol. The van der Waals surface area contributed by atoms with Gasteiger partial charge in [-0.05, 0) is 6.42 Å². The number of rotatable bonds is 9. The highest BCUT2D eigenvalue weighted by molar-refractivity contribution is 5.98. The standard InChI is InChI=1S/C10H24O4Si/c1-2-3-4-5-6-7-8-9(11)10(12,13)14-15/h9,11-13H,2-8H2,1,15H3. The molecule has 0 radical (unpaired) electrons. The van der Waals surface area contributed by atoms with Crippen LogP contribution in [0.4, 0.5) is 0 Å². The molecule has 0 saturated heterocycles. The van der Waals surface area contributed by atoms with Gasteiger partial charge < -0.3 is 19.7 Å². The molecule has 0 spiro atoms. The summed E-state index contributed by atoms with van der Waals surface area (Å²) in [4.78, 5) is 0. The Morgan fingerprint density at radius 1 is 1.13 bits per heavy atom. The van der Waals surface area contributed by atoms with Crippen molar-refractivity contribution >= 4 is 10.5 Å². The second kappa shape index (κ2) is 8.24. The van der Waals surface area contributed by atoms with Crippen LogP contribution in [0.25, 0.3) is 0 Å². The molecule has 0 fully saturated rings. The predicted octanol–water partition coefficient (Wildman–Crippen LogP) is 0.0333. The van der Waals surface area contributed by atoms with Crippen LogP contribution in [0, 0.1) is 0 Å².